The van der Waals surface area contributed by atoms with Crippen molar-refractivity contribution in [3.8, 4) is 17.0 Å². The summed E-state index contributed by atoms with van der Waals surface area (Å²) in [4.78, 5) is 7.74. The van der Waals surface area contributed by atoms with Gasteiger partial charge in [0.05, 0.1) is 19.3 Å². The second-order valence-electron chi connectivity index (χ2n) is 4.43. The number of aromatic nitrogens is 2. The molecule has 4 nitrogen and oxygen atoms in total. The lowest BCUT2D eigenvalue weighted by atomic mass is 9.99. The van der Waals surface area contributed by atoms with E-state index < -0.39 is 0 Å². The van der Waals surface area contributed by atoms with Gasteiger partial charge in [-0.15, -0.1) is 0 Å². The zero-order chi connectivity index (χ0) is 13.3. The molecule has 0 saturated carbocycles. The molecule has 2 rings (SSSR count). The average molecular weight is 245 g/mol. The fraction of sp³-hybridized carbons (Fsp3) is 0.357. The number of methoxy groups -OCH3 is 1. The molecule has 0 aliphatic rings. The maximum absolute atomic E-state index is 5.61. The van der Waals surface area contributed by atoms with E-state index in [9.17, 15) is 0 Å². The van der Waals surface area contributed by atoms with Gasteiger partial charge < -0.3 is 15.5 Å². The van der Waals surface area contributed by atoms with Gasteiger partial charge in [0.25, 0.3) is 0 Å². The number of aromatic amines is 1. The Hall–Kier alpha value is -1.81. The number of nitrogens with two attached hydrogens (primary N) is 1. The third kappa shape index (κ3) is 1.99. The lowest BCUT2D eigenvalue weighted by molar-refractivity contribution is 0.411. The van der Waals surface area contributed by atoms with Crippen LogP contribution >= 0.6 is 0 Å². The van der Waals surface area contributed by atoms with Crippen molar-refractivity contribution in [3.63, 3.8) is 0 Å². The predicted molar refractivity (Wildman–Crippen MR) is 72.7 cm³/mol. The first-order chi connectivity index (χ1) is 8.58. The number of hydrogen-bond donors (Lipinski definition) is 2. The van der Waals surface area contributed by atoms with Gasteiger partial charge in [-0.05, 0) is 44.0 Å². The molecule has 1 heterocycles. The molecule has 1 aromatic heterocycles. The molecule has 0 aliphatic heterocycles. The molecule has 0 atom stereocenters. The smallest absolute Gasteiger partial charge is 0.122 e. The number of H-pyrrole nitrogens is 1. The molecule has 0 fully saturated rings. The van der Waals surface area contributed by atoms with Crippen molar-refractivity contribution in [2.24, 2.45) is 5.73 Å². The summed E-state index contributed by atoms with van der Waals surface area (Å²) in [5, 5.41) is 0. The van der Waals surface area contributed by atoms with Crippen LogP contribution in [0.15, 0.2) is 12.1 Å². The van der Waals surface area contributed by atoms with E-state index in [0.717, 1.165) is 34.1 Å². The van der Waals surface area contributed by atoms with E-state index in [2.05, 4.69) is 23.8 Å². The molecule has 3 N–H and O–H groups in total. The van der Waals surface area contributed by atoms with Gasteiger partial charge in [-0.25, -0.2) is 4.98 Å². The fourth-order valence-corrected chi connectivity index (χ4v) is 2.15. The van der Waals surface area contributed by atoms with Crippen LogP contribution in [-0.4, -0.2) is 17.1 Å². The zero-order valence-corrected chi connectivity index (χ0v) is 11.3. The van der Waals surface area contributed by atoms with Gasteiger partial charge in [-0.1, -0.05) is 0 Å². The molecule has 1 aromatic carbocycles. The van der Waals surface area contributed by atoms with Crippen LogP contribution in [0.1, 0.15) is 22.6 Å². The summed E-state index contributed by atoms with van der Waals surface area (Å²) in [6, 6.07) is 4.03. The third-order valence-electron chi connectivity index (χ3n) is 3.34. The first-order valence-electron chi connectivity index (χ1n) is 5.98. The predicted octanol–water partition coefficient (Wildman–Crippen LogP) is 2.47. The van der Waals surface area contributed by atoms with Gasteiger partial charge in [-0.2, -0.15) is 0 Å². The highest BCUT2D eigenvalue weighted by atomic mass is 16.5. The minimum atomic E-state index is 0.426. The molecular weight excluding hydrogens is 226 g/mol. The van der Waals surface area contributed by atoms with Crippen molar-refractivity contribution in [2.75, 3.05) is 7.11 Å². The van der Waals surface area contributed by atoms with Crippen LogP contribution < -0.4 is 10.5 Å². The Kier molecular flexibility index (Phi) is 3.39. The van der Waals surface area contributed by atoms with Crippen LogP contribution in [0, 0.1) is 20.8 Å². The highest BCUT2D eigenvalue weighted by Gasteiger charge is 2.13. The SMILES string of the molecule is COc1ccc(-c2nc(CN)[nH]c2C)c(C)c1C. The average Bonchev–Trinajstić information content (AvgIpc) is 2.74. The maximum atomic E-state index is 5.61. The van der Waals surface area contributed by atoms with Gasteiger partial charge >= 0.3 is 0 Å². The summed E-state index contributed by atoms with van der Waals surface area (Å²) >= 11 is 0. The highest BCUT2D eigenvalue weighted by molar-refractivity contribution is 5.69. The van der Waals surface area contributed by atoms with Gasteiger partial charge in [0.15, 0.2) is 0 Å². The molecule has 96 valence electrons. The molecule has 0 saturated heterocycles. The Morgan fingerprint density at radius 3 is 2.50 bits per heavy atom. The second-order valence-corrected chi connectivity index (χ2v) is 4.43. The number of benzene rings is 1. The molecule has 18 heavy (non-hydrogen) atoms. The van der Waals surface area contributed by atoms with Crippen molar-refractivity contribution >= 4 is 0 Å². The van der Waals surface area contributed by atoms with Crippen molar-refractivity contribution in [2.45, 2.75) is 27.3 Å². The number of aryl methyl sites for hydroxylation is 1. The van der Waals surface area contributed by atoms with Crippen LogP contribution in [0.2, 0.25) is 0 Å². The van der Waals surface area contributed by atoms with Crippen molar-refractivity contribution in [1.82, 2.24) is 9.97 Å². The number of hydrogen-bond acceptors (Lipinski definition) is 3. The molecule has 0 bridgehead atoms. The Balaban J connectivity index is 2.57. The number of imidazole rings is 1. The fourth-order valence-electron chi connectivity index (χ4n) is 2.15. The van der Waals surface area contributed by atoms with E-state index in [1.165, 1.54) is 5.56 Å². The van der Waals surface area contributed by atoms with Crippen LogP contribution in [0.25, 0.3) is 11.3 Å². The summed E-state index contributed by atoms with van der Waals surface area (Å²) in [6.07, 6.45) is 0. The quantitative estimate of drug-likeness (QED) is 0.873. The third-order valence-corrected chi connectivity index (χ3v) is 3.34. The summed E-state index contributed by atoms with van der Waals surface area (Å²) in [5.74, 6) is 1.72. The number of nitrogens with one attached hydrogen (secondary N) is 1. The summed E-state index contributed by atoms with van der Waals surface area (Å²) in [5.41, 5.74) is 11.1. The Morgan fingerprint density at radius 1 is 1.22 bits per heavy atom. The van der Waals surface area contributed by atoms with E-state index in [0.29, 0.717) is 6.54 Å². The van der Waals surface area contributed by atoms with Crippen LogP contribution in [0.5, 0.6) is 5.75 Å². The second kappa shape index (κ2) is 4.82. The number of nitrogens with zero attached hydrogens (tertiary/aromatic N) is 1. The largest absolute Gasteiger partial charge is 0.496 e. The number of rotatable bonds is 3. The first kappa shape index (κ1) is 12.6. The van der Waals surface area contributed by atoms with Gasteiger partial charge in [0.1, 0.15) is 11.6 Å². The van der Waals surface area contributed by atoms with Gasteiger partial charge in [-0.3, -0.25) is 0 Å². The minimum absolute atomic E-state index is 0.426. The Labute approximate surface area is 107 Å². The summed E-state index contributed by atoms with van der Waals surface area (Å²) in [6.45, 7) is 6.59. The van der Waals surface area contributed by atoms with Crippen LogP contribution in [-0.2, 0) is 6.54 Å². The molecule has 0 radical (unpaired) electrons. The topological polar surface area (TPSA) is 63.9 Å². The van der Waals surface area contributed by atoms with E-state index in [4.69, 9.17) is 10.5 Å². The van der Waals surface area contributed by atoms with Crippen molar-refractivity contribution < 1.29 is 4.74 Å². The highest BCUT2D eigenvalue weighted by Crippen LogP contribution is 2.31. The monoisotopic (exact) mass is 245 g/mol. The van der Waals surface area contributed by atoms with E-state index >= 15 is 0 Å². The molecule has 4 heteroatoms. The lowest BCUT2D eigenvalue weighted by Crippen LogP contribution is -1.98. The van der Waals surface area contributed by atoms with Crippen molar-refractivity contribution in [3.05, 3.63) is 34.8 Å². The van der Waals surface area contributed by atoms with Crippen LogP contribution in [0.3, 0.4) is 0 Å². The van der Waals surface area contributed by atoms with Crippen LogP contribution in [0.4, 0.5) is 0 Å². The standard InChI is InChI=1S/C14H19N3O/c1-8-9(2)12(18-4)6-5-11(8)14-10(3)16-13(7-15)17-14/h5-6H,7,15H2,1-4H3,(H,16,17). The van der Waals surface area contributed by atoms with E-state index in [1.807, 2.05) is 19.1 Å². The van der Waals surface area contributed by atoms with Gasteiger partial charge in [0, 0.05) is 11.3 Å². The molecule has 0 aliphatic carbocycles. The molecule has 0 spiro atoms. The summed E-state index contributed by atoms with van der Waals surface area (Å²) < 4.78 is 5.33. The lowest BCUT2D eigenvalue weighted by Gasteiger charge is -2.11. The molecule has 0 amide bonds. The van der Waals surface area contributed by atoms with E-state index in [1.54, 1.807) is 7.11 Å². The first-order valence-corrected chi connectivity index (χ1v) is 5.98. The van der Waals surface area contributed by atoms with Crippen molar-refractivity contribution in [1.29, 1.82) is 0 Å². The maximum Gasteiger partial charge on any atom is 0.122 e. The summed E-state index contributed by atoms with van der Waals surface area (Å²) in [7, 11) is 1.69. The minimum Gasteiger partial charge on any atom is -0.496 e. The normalized spacial score (nSPS) is 10.7. The molecule has 0 unspecified atom stereocenters. The van der Waals surface area contributed by atoms with Gasteiger partial charge in [0.2, 0.25) is 0 Å². The number of ether oxygens (including phenoxy) is 1. The van der Waals surface area contributed by atoms with E-state index in [-0.39, 0.29) is 0 Å². The molecular formula is C14H19N3O. The molecule has 2 aromatic rings. The Bertz CT molecular complexity index is 573. The Morgan fingerprint density at radius 2 is 1.94 bits per heavy atom. The zero-order valence-electron chi connectivity index (χ0n) is 11.3.